The number of fused-ring (bicyclic) bond motifs is 1. The van der Waals surface area contributed by atoms with Gasteiger partial charge < -0.3 is 9.73 Å². The second kappa shape index (κ2) is 8.39. The summed E-state index contributed by atoms with van der Waals surface area (Å²) in [4.78, 5) is 16.9. The fourth-order valence-corrected chi connectivity index (χ4v) is 3.77. The number of anilines is 1. The van der Waals surface area contributed by atoms with E-state index in [4.69, 9.17) is 16.0 Å². The van der Waals surface area contributed by atoms with Gasteiger partial charge in [-0.1, -0.05) is 30.7 Å². The molecule has 0 fully saturated rings. The summed E-state index contributed by atoms with van der Waals surface area (Å²) >= 11 is 9.43. The molecular weight excluding hydrogens is 452 g/mol. The van der Waals surface area contributed by atoms with Crippen LogP contribution in [0, 0.1) is 0 Å². The molecule has 1 aromatic heterocycles. The third kappa shape index (κ3) is 4.52. The number of amides is 1. The van der Waals surface area contributed by atoms with Crippen molar-refractivity contribution < 1.29 is 9.21 Å². The van der Waals surface area contributed by atoms with Crippen LogP contribution in [-0.2, 0) is 17.6 Å². The van der Waals surface area contributed by atoms with Gasteiger partial charge in [-0.05, 0) is 82.0 Å². The van der Waals surface area contributed by atoms with Crippen molar-refractivity contribution in [1.82, 2.24) is 4.98 Å². The van der Waals surface area contributed by atoms with Crippen molar-refractivity contribution in [2.45, 2.75) is 19.8 Å². The monoisotopic (exact) mass is 468 g/mol. The maximum atomic E-state index is 12.3. The highest BCUT2D eigenvalue weighted by molar-refractivity contribution is 9.10. The minimum atomic E-state index is -0.0852. The summed E-state index contributed by atoms with van der Waals surface area (Å²) in [5.41, 5.74) is 5.24. The van der Waals surface area contributed by atoms with E-state index in [1.807, 2.05) is 42.5 Å². The van der Waals surface area contributed by atoms with Gasteiger partial charge in [-0.2, -0.15) is 0 Å². The summed E-state index contributed by atoms with van der Waals surface area (Å²) in [6.45, 7) is 2.11. The van der Waals surface area contributed by atoms with E-state index in [1.165, 1.54) is 5.56 Å². The van der Waals surface area contributed by atoms with E-state index in [0.29, 0.717) is 10.9 Å². The van der Waals surface area contributed by atoms with Crippen LogP contribution in [0.4, 0.5) is 5.69 Å². The second-order valence-corrected chi connectivity index (χ2v) is 8.02. The van der Waals surface area contributed by atoms with E-state index >= 15 is 0 Å². The van der Waals surface area contributed by atoms with Gasteiger partial charge in [0.1, 0.15) is 5.52 Å². The normalized spacial score (nSPS) is 11.0. The number of carbonyl (C=O) groups excluding carboxylic acids is 1. The number of halogens is 2. The van der Waals surface area contributed by atoms with Crippen molar-refractivity contribution in [3.05, 3.63) is 81.3 Å². The minimum absolute atomic E-state index is 0.0852. The van der Waals surface area contributed by atoms with Crippen molar-refractivity contribution in [3.63, 3.8) is 0 Å². The molecule has 0 spiro atoms. The molecule has 29 heavy (non-hydrogen) atoms. The first-order valence-corrected chi connectivity index (χ1v) is 10.4. The standard InChI is InChI=1S/C23H18BrClN2O2/c1-2-14-11-19(24)22-20(12-14)27-23(29-22)16-5-9-18(10-6-16)26-21(28)13-15-3-7-17(25)8-4-15/h3-12H,2,13H2,1H3,(H,26,28). The molecule has 4 aromatic rings. The van der Waals surface area contributed by atoms with Gasteiger partial charge in [-0.25, -0.2) is 4.98 Å². The van der Waals surface area contributed by atoms with E-state index in [0.717, 1.165) is 38.8 Å². The topological polar surface area (TPSA) is 55.1 Å². The van der Waals surface area contributed by atoms with Crippen LogP contribution in [0.5, 0.6) is 0 Å². The van der Waals surface area contributed by atoms with E-state index in [1.54, 1.807) is 12.1 Å². The summed E-state index contributed by atoms with van der Waals surface area (Å²) in [5.74, 6) is 0.464. The van der Waals surface area contributed by atoms with Gasteiger partial charge >= 0.3 is 0 Å². The van der Waals surface area contributed by atoms with Crippen LogP contribution >= 0.6 is 27.5 Å². The first-order valence-electron chi connectivity index (χ1n) is 9.25. The molecule has 0 aliphatic heterocycles. The highest BCUT2D eigenvalue weighted by atomic mass is 79.9. The van der Waals surface area contributed by atoms with E-state index in [2.05, 4.69) is 39.2 Å². The van der Waals surface area contributed by atoms with Crippen LogP contribution in [0.15, 0.2) is 69.6 Å². The first-order chi connectivity index (χ1) is 14.0. The summed E-state index contributed by atoms with van der Waals surface area (Å²) in [6, 6.07) is 18.8. The maximum absolute atomic E-state index is 12.3. The Morgan fingerprint density at radius 1 is 1.07 bits per heavy atom. The van der Waals surface area contributed by atoms with Gasteiger partial charge in [-0.3, -0.25) is 4.79 Å². The lowest BCUT2D eigenvalue weighted by Gasteiger charge is -2.06. The van der Waals surface area contributed by atoms with Crippen LogP contribution < -0.4 is 5.32 Å². The van der Waals surface area contributed by atoms with E-state index < -0.39 is 0 Å². The molecule has 1 N–H and O–H groups in total. The number of rotatable bonds is 5. The molecule has 3 aromatic carbocycles. The molecule has 6 heteroatoms. The number of nitrogens with one attached hydrogen (secondary N) is 1. The molecule has 0 saturated heterocycles. The van der Waals surface area contributed by atoms with Gasteiger partial charge in [-0.15, -0.1) is 0 Å². The summed E-state index contributed by atoms with van der Waals surface area (Å²) in [7, 11) is 0. The third-order valence-corrected chi connectivity index (χ3v) is 5.45. The Balaban J connectivity index is 1.49. The van der Waals surface area contributed by atoms with Crippen molar-refractivity contribution in [2.75, 3.05) is 5.32 Å². The Morgan fingerprint density at radius 2 is 1.79 bits per heavy atom. The Kier molecular flexibility index (Phi) is 5.69. The van der Waals surface area contributed by atoms with Crippen molar-refractivity contribution in [2.24, 2.45) is 0 Å². The van der Waals surface area contributed by atoms with Gasteiger partial charge in [0, 0.05) is 16.3 Å². The lowest BCUT2D eigenvalue weighted by atomic mass is 10.1. The zero-order valence-corrected chi connectivity index (χ0v) is 18.0. The Labute approximate surface area is 182 Å². The molecule has 0 atom stereocenters. The van der Waals surface area contributed by atoms with Crippen molar-refractivity contribution in [1.29, 1.82) is 0 Å². The SMILES string of the molecule is CCc1cc(Br)c2oc(-c3ccc(NC(=O)Cc4ccc(Cl)cc4)cc3)nc2c1. The fourth-order valence-electron chi connectivity index (χ4n) is 3.06. The van der Waals surface area contributed by atoms with Crippen LogP contribution in [-0.4, -0.2) is 10.9 Å². The van der Waals surface area contributed by atoms with E-state index in [-0.39, 0.29) is 12.3 Å². The summed E-state index contributed by atoms with van der Waals surface area (Å²) in [6.07, 6.45) is 1.22. The van der Waals surface area contributed by atoms with Gasteiger partial charge in [0.25, 0.3) is 0 Å². The van der Waals surface area contributed by atoms with Crippen molar-refractivity contribution >= 4 is 50.2 Å². The lowest BCUT2D eigenvalue weighted by molar-refractivity contribution is -0.115. The largest absolute Gasteiger partial charge is 0.435 e. The molecule has 0 unspecified atom stereocenters. The van der Waals surface area contributed by atoms with Crippen LogP contribution in [0.25, 0.3) is 22.6 Å². The lowest BCUT2D eigenvalue weighted by Crippen LogP contribution is -2.14. The van der Waals surface area contributed by atoms with Gasteiger partial charge in [0.2, 0.25) is 11.8 Å². The Bertz CT molecular complexity index is 1170. The predicted octanol–water partition coefficient (Wildman–Crippen LogP) is 6.65. The summed E-state index contributed by atoms with van der Waals surface area (Å²) < 4.78 is 6.84. The first kappa shape index (κ1) is 19.7. The Morgan fingerprint density at radius 3 is 2.48 bits per heavy atom. The molecule has 0 radical (unpaired) electrons. The molecule has 0 aliphatic carbocycles. The molecule has 0 aliphatic rings. The van der Waals surface area contributed by atoms with Crippen LogP contribution in [0.2, 0.25) is 5.02 Å². The maximum Gasteiger partial charge on any atom is 0.228 e. The number of nitrogens with zero attached hydrogens (tertiary/aromatic N) is 1. The second-order valence-electron chi connectivity index (χ2n) is 6.73. The zero-order chi connectivity index (χ0) is 20.4. The van der Waals surface area contributed by atoms with Crippen molar-refractivity contribution in [3.8, 4) is 11.5 Å². The molecule has 4 rings (SSSR count). The number of benzene rings is 3. The average molecular weight is 470 g/mol. The predicted molar refractivity (Wildman–Crippen MR) is 120 cm³/mol. The minimum Gasteiger partial charge on any atom is -0.435 e. The Hall–Kier alpha value is -2.63. The highest BCUT2D eigenvalue weighted by Crippen LogP contribution is 2.31. The molecule has 4 nitrogen and oxygen atoms in total. The molecule has 1 heterocycles. The van der Waals surface area contributed by atoms with Crippen LogP contribution in [0.3, 0.4) is 0 Å². The third-order valence-electron chi connectivity index (χ3n) is 4.61. The van der Waals surface area contributed by atoms with Crippen LogP contribution in [0.1, 0.15) is 18.1 Å². The average Bonchev–Trinajstić information content (AvgIpc) is 3.15. The number of hydrogen-bond acceptors (Lipinski definition) is 3. The summed E-state index contributed by atoms with van der Waals surface area (Å²) in [5, 5.41) is 3.56. The van der Waals surface area contributed by atoms with E-state index in [9.17, 15) is 4.79 Å². The number of oxazole rings is 1. The number of aryl methyl sites for hydroxylation is 1. The smallest absolute Gasteiger partial charge is 0.228 e. The molecule has 1 amide bonds. The molecule has 0 bridgehead atoms. The fraction of sp³-hybridized carbons (Fsp3) is 0.130. The van der Waals surface area contributed by atoms with Gasteiger partial charge in [0.15, 0.2) is 5.58 Å². The number of aromatic nitrogens is 1. The number of carbonyl (C=O) groups is 1. The quantitative estimate of drug-likeness (QED) is 0.356. The van der Waals surface area contributed by atoms with Gasteiger partial charge in [0.05, 0.1) is 10.9 Å². The zero-order valence-electron chi connectivity index (χ0n) is 15.7. The molecular formula is C23H18BrClN2O2. The molecule has 0 saturated carbocycles. The number of hydrogen-bond donors (Lipinski definition) is 1. The molecule has 146 valence electrons. The highest BCUT2D eigenvalue weighted by Gasteiger charge is 2.12.